The average molecular weight is 249 g/mol. The van der Waals surface area contributed by atoms with Crippen molar-refractivity contribution >= 4 is 17.7 Å². The molecule has 0 atom stereocenters. The molecule has 0 radical (unpaired) electrons. The number of oxazole rings is 1. The molecule has 0 fully saturated rings. The summed E-state index contributed by atoms with van der Waals surface area (Å²) in [5, 5.41) is 9.56. The molecule has 0 amide bonds. The molecule has 1 heterocycles. The highest BCUT2D eigenvalue weighted by molar-refractivity contribution is 7.99. The Morgan fingerprint density at radius 3 is 2.76 bits per heavy atom. The van der Waals surface area contributed by atoms with Crippen LogP contribution in [-0.2, 0) is 0 Å². The molecule has 4 nitrogen and oxygen atoms in total. The van der Waals surface area contributed by atoms with Gasteiger partial charge in [0.25, 0.3) is 5.22 Å². The first-order chi connectivity index (χ1) is 8.06. The van der Waals surface area contributed by atoms with Crippen LogP contribution in [0.25, 0.3) is 0 Å². The van der Waals surface area contributed by atoms with Gasteiger partial charge < -0.3 is 9.52 Å². The van der Waals surface area contributed by atoms with E-state index in [1.165, 1.54) is 18.0 Å². The maximum absolute atomic E-state index is 11.1. The van der Waals surface area contributed by atoms with Crippen LogP contribution < -0.4 is 0 Å². The molecule has 2 rings (SSSR count). The minimum absolute atomic E-state index is 0.269. The zero-order chi connectivity index (χ0) is 12.4. The first-order valence-electron chi connectivity index (χ1n) is 5.00. The highest BCUT2D eigenvalue weighted by Crippen LogP contribution is 2.30. The SMILES string of the molecule is Cc1ccc(Sc2nc(C)co2)c(C(=O)O)c1. The maximum atomic E-state index is 11.1. The number of hydrogen-bond donors (Lipinski definition) is 1. The lowest BCUT2D eigenvalue weighted by Crippen LogP contribution is -1.99. The molecule has 0 saturated carbocycles. The predicted molar refractivity (Wildman–Crippen MR) is 63.5 cm³/mol. The van der Waals surface area contributed by atoms with Gasteiger partial charge in [0.1, 0.15) is 6.26 Å². The summed E-state index contributed by atoms with van der Waals surface area (Å²) in [6.45, 7) is 3.68. The van der Waals surface area contributed by atoms with Gasteiger partial charge in [0.15, 0.2) is 0 Å². The summed E-state index contributed by atoms with van der Waals surface area (Å²) in [7, 11) is 0. The van der Waals surface area contributed by atoms with E-state index in [0.29, 0.717) is 10.1 Å². The quantitative estimate of drug-likeness (QED) is 0.905. The van der Waals surface area contributed by atoms with Crippen LogP contribution in [0.4, 0.5) is 0 Å². The minimum atomic E-state index is -0.945. The molecule has 0 bridgehead atoms. The fourth-order valence-electron chi connectivity index (χ4n) is 1.37. The summed E-state index contributed by atoms with van der Waals surface area (Å²) in [6.07, 6.45) is 1.54. The van der Waals surface area contributed by atoms with Gasteiger partial charge in [-0.1, -0.05) is 11.6 Å². The molecule has 0 unspecified atom stereocenters. The van der Waals surface area contributed by atoms with E-state index in [9.17, 15) is 4.79 Å². The van der Waals surface area contributed by atoms with Crippen LogP contribution in [0, 0.1) is 13.8 Å². The Balaban J connectivity index is 2.35. The number of nitrogens with zero attached hydrogens (tertiary/aromatic N) is 1. The number of aryl methyl sites for hydroxylation is 2. The lowest BCUT2D eigenvalue weighted by atomic mass is 10.1. The third kappa shape index (κ3) is 2.68. The minimum Gasteiger partial charge on any atom is -0.478 e. The third-order valence-corrected chi connectivity index (χ3v) is 3.10. The van der Waals surface area contributed by atoms with Crippen LogP contribution in [0.15, 0.2) is 39.0 Å². The third-order valence-electron chi connectivity index (χ3n) is 2.16. The second-order valence-corrected chi connectivity index (χ2v) is 4.65. The van der Waals surface area contributed by atoms with Crippen molar-refractivity contribution in [3.63, 3.8) is 0 Å². The summed E-state index contributed by atoms with van der Waals surface area (Å²) < 4.78 is 5.19. The molecular weight excluding hydrogens is 238 g/mol. The highest BCUT2D eigenvalue weighted by atomic mass is 32.2. The second-order valence-electron chi connectivity index (χ2n) is 3.66. The van der Waals surface area contributed by atoms with E-state index < -0.39 is 5.97 Å². The van der Waals surface area contributed by atoms with Crippen LogP contribution in [0.3, 0.4) is 0 Å². The van der Waals surface area contributed by atoms with Crippen molar-refractivity contribution in [1.29, 1.82) is 0 Å². The normalized spacial score (nSPS) is 10.5. The summed E-state index contributed by atoms with van der Waals surface area (Å²) in [6, 6.07) is 5.27. The van der Waals surface area contributed by atoms with Crippen molar-refractivity contribution in [2.24, 2.45) is 0 Å². The number of benzene rings is 1. The summed E-state index contributed by atoms with van der Waals surface area (Å²) >= 11 is 1.21. The topological polar surface area (TPSA) is 63.3 Å². The Labute approximate surface area is 103 Å². The van der Waals surface area contributed by atoms with Crippen molar-refractivity contribution in [3.05, 3.63) is 41.3 Å². The molecule has 1 aromatic heterocycles. The van der Waals surface area contributed by atoms with Gasteiger partial charge in [-0.05, 0) is 37.7 Å². The molecule has 5 heteroatoms. The Morgan fingerprint density at radius 2 is 2.18 bits per heavy atom. The fourth-order valence-corrected chi connectivity index (χ4v) is 2.24. The zero-order valence-corrected chi connectivity index (χ0v) is 10.2. The predicted octanol–water partition coefficient (Wildman–Crippen LogP) is 3.14. The van der Waals surface area contributed by atoms with Gasteiger partial charge >= 0.3 is 5.97 Å². The van der Waals surface area contributed by atoms with Crippen molar-refractivity contribution in [2.45, 2.75) is 24.0 Å². The van der Waals surface area contributed by atoms with Crippen molar-refractivity contribution < 1.29 is 14.3 Å². The van der Waals surface area contributed by atoms with E-state index >= 15 is 0 Å². The molecular formula is C12H11NO3S. The molecule has 1 aromatic carbocycles. The van der Waals surface area contributed by atoms with E-state index in [1.54, 1.807) is 12.1 Å². The molecule has 0 saturated heterocycles. The van der Waals surface area contributed by atoms with Crippen LogP contribution in [0.5, 0.6) is 0 Å². The molecule has 88 valence electrons. The van der Waals surface area contributed by atoms with Gasteiger partial charge in [-0.3, -0.25) is 0 Å². The lowest BCUT2D eigenvalue weighted by Gasteiger charge is -2.04. The van der Waals surface area contributed by atoms with E-state index in [4.69, 9.17) is 9.52 Å². The van der Waals surface area contributed by atoms with Crippen LogP contribution >= 0.6 is 11.8 Å². The Morgan fingerprint density at radius 1 is 1.41 bits per heavy atom. The van der Waals surface area contributed by atoms with Gasteiger partial charge in [0.05, 0.1) is 11.3 Å². The highest BCUT2D eigenvalue weighted by Gasteiger charge is 2.13. The fraction of sp³-hybridized carbons (Fsp3) is 0.167. The van der Waals surface area contributed by atoms with Gasteiger partial charge in [-0.25, -0.2) is 9.78 Å². The van der Waals surface area contributed by atoms with Gasteiger partial charge in [-0.15, -0.1) is 0 Å². The monoisotopic (exact) mass is 249 g/mol. The smallest absolute Gasteiger partial charge is 0.336 e. The van der Waals surface area contributed by atoms with E-state index in [0.717, 1.165) is 11.3 Å². The maximum Gasteiger partial charge on any atom is 0.336 e. The summed E-state index contributed by atoms with van der Waals surface area (Å²) in [4.78, 5) is 15.9. The Kier molecular flexibility index (Phi) is 3.19. The number of aromatic nitrogens is 1. The van der Waals surface area contributed by atoms with Crippen LogP contribution in [0.2, 0.25) is 0 Å². The average Bonchev–Trinajstić information content (AvgIpc) is 2.66. The standard InChI is InChI=1S/C12H11NO3S/c1-7-3-4-10(9(5-7)11(14)15)17-12-13-8(2)6-16-12/h3-6H,1-2H3,(H,14,15). The van der Waals surface area contributed by atoms with E-state index in [1.807, 2.05) is 19.9 Å². The van der Waals surface area contributed by atoms with Gasteiger partial charge in [0, 0.05) is 4.90 Å². The van der Waals surface area contributed by atoms with E-state index in [-0.39, 0.29) is 5.56 Å². The molecule has 0 aliphatic carbocycles. The van der Waals surface area contributed by atoms with Crippen molar-refractivity contribution in [1.82, 2.24) is 4.98 Å². The largest absolute Gasteiger partial charge is 0.478 e. The first kappa shape index (κ1) is 11.7. The molecule has 17 heavy (non-hydrogen) atoms. The second kappa shape index (κ2) is 4.63. The zero-order valence-electron chi connectivity index (χ0n) is 9.43. The number of carboxylic acid groups (broad SMARTS) is 1. The molecule has 0 spiro atoms. The Bertz CT molecular complexity index is 563. The lowest BCUT2D eigenvalue weighted by molar-refractivity contribution is 0.0693. The number of aromatic carboxylic acids is 1. The first-order valence-corrected chi connectivity index (χ1v) is 5.82. The van der Waals surface area contributed by atoms with Gasteiger partial charge in [0.2, 0.25) is 0 Å². The molecule has 1 N–H and O–H groups in total. The Hall–Kier alpha value is -1.75. The molecule has 0 aliphatic heterocycles. The number of hydrogen-bond acceptors (Lipinski definition) is 4. The number of carbonyl (C=O) groups is 1. The molecule has 2 aromatic rings. The van der Waals surface area contributed by atoms with E-state index in [2.05, 4.69) is 4.98 Å². The van der Waals surface area contributed by atoms with Crippen molar-refractivity contribution in [3.8, 4) is 0 Å². The summed E-state index contributed by atoms with van der Waals surface area (Å²) in [5.74, 6) is -0.945. The summed E-state index contributed by atoms with van der Waals surface area (Å²) in [5.41, 5.74) is 1.96. The van der Waals surface area contributed by atoms with Crippen molar-refractivity contribution in [2.75, 3.05) is 0 Å². The molecule has 0 aliphatic rings. The number of rotatable bonds is 3. The number of carboxylic acids is 1. The van der Waals surface area contributed by atoms with Crippen LogP contribution in [-0.4, -0.2) is 16.1 Å². The van der Waals surface area contributed by atoms with Gasteiger partial charge in [-0.2, -0.15) is 0 Å². The van der Waals surface area contributed by atoms with Crippen LogP contribution in [0.1, 0.15) is 21.6 Å².